The van der Waals surface area contributed by atoms with Gasteiger partial charge in [0.25, 0.3) is 5.91 Å². The predicted octanol–water partition coefficient (Wildman–Crippen LogP) is 6.45. The lowest BCUT2D eigenvalue weighted by Crippen LogP contribution is -2.13. The van der Waals surface area contributed by atoms with Gasteiger partial charge in [-0.3, -0.25) is 4.79 Å². The van der Waals surface area contributed by atoms with E-state index in [4.69, 9.17) is 0 Å². The minimum Gasteiger partial charge on any atom is -0.316 e. The number of rotatable bonds is 2. The summed E-state index contributed by atoms with van der Waals surface area (Å²) in [6, 6.07) is 8.46. The van der Waals surface area contributed by atoms with Crippen LogP contribution < -0.4 is 5.32 Å². The molecule has 1 heterocycles. The molecule has 0 saturated carbocycles. The average molecular weight is 423 g/mol. The monoisotopic (exact) mass is 423 g/mol. The molecule has 0 saturated heterocycles. The topological polar surface area (TPSA) is 29.1 Å². The van der Waals surface area contributed by atoms with Crippen LogP contribution in [-0.2, 0) is 19.0 Å². The van der Waals surface area contributed by atoms with Gasteiger partial charge in [0.2, 0.25) is 0 Å². The lowest BCUT2D eigenvalue weighted by molar-refractivity contribution is -0.137. The predicted molar refractivity (Wildman–Crippen MR) is 101 cm³/mol. The molecule has 1 aliphatic carbocycles. The molecule has 4 rings (SSSR count). The van der Waals surface area contributed by atoms with Gasteiger partial charge in [-0.05, 0) is 66.3 Å². The van der Waals surface area contributed by atoms with E-state index in [2.05, 4.69) is 5.32 Å². The Hall–Kier alpha value is -2.74. The van der Waals surface area contributed by atoms with Crippen LogP contribution in [0.25, 0.3) is 10.4 Å². The summed E-state index contributed by atoms with van der Waals surface area (Å²) < 4.78 is 67.1. The minimum atomic E-state index is -4.47. The van der Waals surface area contributed by atoms with Crippen molar-refractivity contribution in [2.75, 3.05) is 5.32 Å². The molecule has 1 aromatic heterocycles. The third-order valence-electron chi connectivity index (χ3n) is 4.81. The molecular weight excluding hydrogens is 409 g/mol. The lowest BCUT2D eigenvalue weighted by atomic mass is 10.0. The zero-order valence-electron chi connectivity index (χ0n) is 14.9. The Bertz CT molecular complexity index is 1080. The molecule has 1 N–H and O–H groups in total. The molecule has 0 fully saturated rings. The maximum Gasteiger partial charge on any atom is 0.416 e. The SMILES string of the molecule is O=C(Nc1c(F)cccc1F)c1cc2c(s1)-c1cc(C(F)(F)F)ccc1CCC2. The molecule has 3 aromatic rings. The largest absolute Gasteiger partial charge is 0.416 e. The first-order valence-electron chi connectivity index (χ1n) is 8.82. The Labute approximate surface area is 167 Å². The van der Waals surface area contributed by atoms with Crippen molar-refractivity contribution in [1.82, 2.24) is 0 Å². The molecule has 0 bridgehead atoms. The van der Waals surface area contributed by atoms with Crippen molar-refractivity contribution in [1.29, 1.82) is 0 Å². The fraction of sp³-hybridized carbons (Fsp3) is 0.190. The van der Waals surface area contributed by atoms with Crippen LogP contribution in [0.3, 0.4) is 0 Å². The average Bonchev–Trinajstić information content (AvgIpc) is 3.01. The van der Waals surface area contributed by atoms with Gasteiger partial charge in [-0.25, -0.2) is 8.78 Å². The van der Waals surface area contributed by atoms with Gasteiger partial charge in [-0.1, -0.05) is 12.1 Å². The zero-order valence-corrected chi connectivity index (χ0v) is 15.7. The highest BCUT2D eigenvalue weighted by Crippen LogP contribution is 2.41. The van der Waals surface area contributed by atoms with Gasteiger partial charge in [0.05, 0.1) is 10.4 Å². The summed E-state index contributed by atoms with van der Waals surface area (Å²) in [5.74, 6) is -2.52. The number of carbonyl (C=O) groups excluding carboxylic acids is 1. The summed E-state index contributed by atoms with van der Waals surface area (Å²) in [5, 5.41) is 2.22. The van der Waals surface area contributed by atoms with Gasteiger partial charge in [0.1, 0.15) is 17.3 Å². The third kappa shape index (κ3) is 3.76. The van der Waals surface area contributed by atoms with Crippen LogP contribution in [0.15, 0.2) is 42.5 Å². The number of amides is 1. The number of aryl methyl sites for hydroxylation is 2. The van der Waals surface area contributed by atoms with Gasteiger partial charge in [0, 0.05) is 4.88 Å². The van der Waals surface area contributed by atoms with Crippen molar-refractivity contribution in [3.63, 3.8) is 0 Å². The minimum absolute atomic E-state index is 0.183. The van der Waals surface area contributed by atoms with Gasteiger partial charge >= 0.3 is 6.18 Å². The maximum absolute atomic E-state index is 13.8. The summed E-state index contributed by atoms with van der Waals surface area (Å²) in [5.41, 5.74) is 0.684. The summed E-state index contributed by atoms with van der Waals surface area (Å²) in [6.45, 7) is 0. The molecule has 29 heavy (non-hydrogen) atoms. The molecule has 2 aromatic carbocycles. The van der Waals surface area contributed by atoms with Gasteiger partial charge in [0.15, 0.2) is 0 Å². The van der Waals surface area contributed by atoms with Crippen LogP contribution in [0.1, 0.15) is 32.8 Å². The molecule has 0 unspecified atom stereocenters. The number of thiophene rings is 1. The smallest absolute Gasteiger partial charge is 0.316 e. The van der Waals surface area contributed by atoms with Crippen LogP contribution >= 0.6 is 11.3 Å². The highest BCUT2D eigenvalue weighted by atomic mass is 32.1. The fourth-order valence-electron chi connectivity index (χ4n) is 3.40. The second kappa shape index (κ2) is 7.26. The molecule has 8 heteroatoms. The molecule has 2 nitrogen and oxygen atoms in total. The number of anilines is 1. The second-order valence-electron chi connectivity index (χ2n) is 6.74. The molecule has 0 atom stereocenters. The molecule has 1 aliphatic rings. The van der Waals surface area contributed by atoms with E-state index in [1.54, 1.807) is 6.07 Å². The van der Waals surface area contributed by atoms with Crippen molar-refractivity contribution in [3.05, 3.63) is 75.7 Å². The lowest BCUT2D eigenvalue weighted by Gasteiger charge is -2.11. The van der Waals surface area contributed by atoms with Crippen molar-refractivity contribution < 1.29 is 26.7 Å². The third-order valence-corrected chi connectivity index (χ3v) is 6.02. The Morgan fingerprint density at radius 3 is 2.34 bits per heavy atom. The normalized spacial score (nSPS) is 13.4. The molecule has 0 aliphatic heterocycles. The van der Waals surface area contributed by atoms with Crippen molar-refractivity contribution >= 4 is 22.9 Å². The van der Waals surface area contributed by atoms with Gasteiger partial charge < -0.3 is 5.32 Å². The number of hydrogen-bond acceptors (Lipinski definition) is 2. The summed E-state index contributed by atoms with van der Waals surface area (Å²) in [6.07, 6.45) is -2.51. The maximum atomic E-state index is 13.8. The Morgan fingerprint density at radius 1 is 0.966 bits per heavy atom. The van der Waals surface area contributed by atoms with Crippen LogP contribution in [0.2, 0.25) is 0 Å². The highest BCUT2D eigenvalue weighted by Gasteiger charge is 2.32. The number of benzene rings is 2. The van der Waals surface area contributed by atoms with E-state index in [1.165, 1.54) is 12.1 Å². The van der Waals surface area contributed by atoms with E-state index < -0.39 is 35.0 Å². The summed E-state index contributed by atoms with van der Waals surface area (Å²) in [7, 11) is 0. The van der Waals surface area contributed by atoms with E-state index in [-0.39, 0.29) is 4.88 Å². The number of carbonyl (C=O) groups is 1. The number of nitrogens with one attached hydrogen (secondary N) is 1. The van der Waals surface area contributed by atoms with E-state index in [9.17, 15) is 26.7 Å². The Balaban J connectivity index is 1.72. The molecule has 0 radical (unpaired) electrons. The van der Waals surface area contributed by atoms with Crippen LogP contribution in [0, 0.1) is 11.6 Å². The first kappa shape index (κ1) is 19.6. The van der Waals surface area contributed by atoms with Crippen molar-refractivity contribution in [3.8, 4) is 10.4 Å². The van der Waals surface area contributed by atoms with E-state index in [0.717, 1.165) is 53.1 Å². The Kier molecular flexibility index (Phi) is 4.90. The van der Waals surface area contributed by atoms with Crippen LogP contribution in [0.4, 0.5) is 27.6 Å². The van der Waals surface area contributed by atoms with Crippen molar-refractivity contribution in [2.24, 2.45) is 0 Å². The van der Waals surface area contributed by atoms with Crippen molar-refractivity contribution in [2.45, 2.75) is 25.4 Å². The first-order valence-corrected chi connectivity index (χ1v) is 9.64. The standard InChI is InChI=1S/C21H14F5NOS/c22-15-5-2-6-16(23)18(15)27-20(28)17-9-12-4-1-3-11-7-8-13(21(24,25)26)10-14(11)19(12)29-17/h2,5-10H,1,3-4H2,(H,27,28). The quantitative estimate of drug-likeness (QED) is 0.472. The van der Waals surface area contributed by atoms with Crippen LogP contribution in [-0.4, -0.2) is 5.91 Å². The van der Waals surface area contributed by atoms with Crippen LogP contribution in [0.5, 0.6) is 0 Å². The van der Waals surface area contributed by atoms with E-state index in [1.807, 2.05) is 0 Å². The van der Waals surface area contributed by atoms with E-state index >= 15 is 0 Å². The molecular formula is C21H14F5NOS. The molecule has 1 amide bonds. The number of para-hydroxylation sites is 1. The Morgan fingerprint density at radius 2 is 1.66 bits per heavy atom. The number of halogens is 5. The fourth-order valence-corrected chi connectivity index (χ4v) is 4.56. The van der Waals surface area contributed by atoms with Gasteiger partial charge in [-0.15, -0.1) is 11.3 Å². The van der Waals surface area contributed by atoms with E-state index in [0.29, 0.717) is 23.3 Å². The summed E-state index contributed by atoms with van der Waals surface area (Å²) >= 11 is 1.03. The molecule has 150 valence electrons. The zero-order chi connectivity index (χ0) is 20.8. The number of fused-ring (bicyclic) bond motifs is 3. The second-order valence-corrected chi connectivity index (χ2v) is 7.79. The highest BCUT2D eigenvalue weighted by molar-refractivity contribution is 7.17. The first-order chi connectivity index (χ1) is 13.7. The van der Waals surface area contributed by atoms with Gasteiger partial charge in [-0.2, -0.15) is 13.2 Å². The number of hydrogen-bond donors (Lipinski definition) is 1. The summed E-state index contributed by atoms with van der Waals surface area (Å²) in [4.78, 5) is 13.3. The molecule has 0 spiro atoms. The number of alkyl halides is 3.